The maximum absolute atomic E-state index is 12.2. The van der Waals surface area contributed by atoms with Gasteiger partial charge in [0.1, 0.15) is 12.0 Å². The molecule has 2 heterocycles. The van der Waals surface area contributed by atoms with Crippen LogP contribution in [0.15, 0.2) is 45.8 Å². The maximum atomic E-state index is 12.2. The van der Waals surface area contributed by atoms with E-state index in [2.05, 4.69) is 15.5 Å². The zero-order chi connectivity index (χ0) is 20.6. The van der Waals surface area contributed by atoms with Gasteiger partial charge in [0, 0.05) is 37.5 Å². The van der Waals surface area contributed by atoms with Gasteiger partial charge in [-0.3, -0.25) is 19.3 Å². The van der Waals surface area contributed by atoms with E-state index in [-0.39, 0.29) is 23.7 Å². The second-order valence-corrected chi connectivity index (χ2v) is 6.56. The Morgan fingerprint density at radius 1 is 1.10 bits per heavy atom. The molecule has 0 unspecified atom stereocenters. The number of rotatable bonds is 7. The Balaban J connectivity index is 1.49. The number of benzene rings is 1. The van der Waals surface area contributed by atoms with Crippen molar-refractivity contribution in [3.05, 3.63) is 52.6 Å². The molecule has 1 aromatic heterocycles. The average Bonchev–Trinajstić information content (AvgIpc) is 2.69. The molecule has 0 spiro atoms. The van der Waals surface area contributed by atoms with Crippen molar-refractivity contribution in [3.63, 3.8) is 0 Å². The zero-order valence-electron chi connectivity index (χ0n) is 16.1. The van der Waals surface area contributed by atoms with Crippen molar-refractivity contribution in [1.82, 2.24) is 4.90 Å². The summed E-state index contributed by atoms with van der Waals surface area (Å²) in [5.41, 5.74) is 0.828. The molecule has 1 aromatic carbocycles. The fourth-order valence-corrected chi connectivity index (χ4v) is 2.79. The molecule has 1 fully saturated rings. The van der Waals surface area contributed by atoms with Gasteiger partial charge in [-0.05, 0) is 24.3 Å². The van der Waals surface area contributed by atoms with Gasteiger partial charge in [-0.2, -0.15) is 0 Å². The van der Waals surface area contributed by atoms with E-state index in [1.54, 1.807) is 24.3 Å². The summed E-state index contributed by atoms with van der Waals surface area (Å²) in [5, 5.41) is 5.29. The van der Waals surface area contributed by atoms with Gasteiger partial charge in [-0.15, -0.1) is 0 Å². The summed E-state index contributed by atoms with van der Waals surface area (Å²) in [6.07, 6.45) is 1.23. The Kier molecular flexibility index (Phi) is 6.99. The molecular weight excluding hydrogens is 378 g/mol. The Labute approximate surface area is 167 Å². The van der Waals surface area contributed by atoms with Crippen molar-refractivity contribution < 1.29 is 23.5 Å². The van der Waals surface area contributed by atoms with E-state index in [4.69, 9.17) is 13.9 Å². The normalized spacial score (nSPS) is 14.2. The summed E-state index contributed by atoms with van der Waals surface area (Å²) in [5.74, 6) is -0.0844. The highest BCUT2D eigenvalue weighted by Gasteiger charge is 2.14. The van der Waals surface area contributed by atoms with Gasteiger partial charge in [0.05, 0.1) is 19.8 Å². The Hall–Kier alpha value is -3.17. The van der Waals surface area contributed by atoms with Crippen molar-refractivity contribution in [2.75, 3.05) is 43.5 Å². The number of nitrogens with zero attached hydrogens (tertiary/aromatic N) is 1. The first-order chi connectivity index (χ1) is 14.0. The van der Waals surface area contributed by atoms with Gasteiger partial charge in [0.2, 0.25) is 17.1 Å². The SMILES string of the molecule is CC(=O)Nc1ccc(NC(=O)COc2coc(CN3CCOCC3)cc2=O)cc1. The average molecular weight is 401 g/mol. The van der Waals surface area contributed by atoms with Crippen molar-refractivity contribution in [2.24, 2.45) is 0 Å². The second-order valence-electron chi connectivity index (χ2n) is 6.56. The van der Waals surface area contributed by atoms with Crippen LogP contribution in [0.4, 0.5) is 11.4 Å². The number of nitrogens with one attached hydrogen (secondary N) is 2. The number of hydrogen-bond donors (Lipinski definition) is 2. The summed E-state index contributed by atoms with van der Waals surface area (Å²) >= 11 is 0. The van der Waals surface area contributed by atoms with Crippen LogP contribution in [0, 0.1) is 0 Å². The predicted molar refractivity (Wildman–Crippen MR) is 106 cm³/mol. The van der Waals surface area contributed by atoms with Gasteiger partial charge in [0.25, 0.3) is 5.91 Å². The second kappa shape index (κ2) is 9.85. The molecule has 0 bridgehead atoms. The number of carbonyl (C=O) groups is 2. The van der Waals surface area contributed by atoms with Crippen LogP contribution in [0.2, 0.25) is 0 Å². The molecular formula is C20H23N3O6. The Morgan fingerprint density at radius 3 is 2.38 bits per heavy atom. The minimum atomic E-state index is -0.422. The smallest absolute Gasteiger partial charge is 0.262 e. The van der Waals surface area contributed by atoms with Gasteiger partial charge < -0.3 is 24.5 Å². The topological polar surface area (TPSA) is 110 Å². The van der Waals surface area contributed by atoms with Crippen LogP contribution in [0.3, 0.4) is 0 Å². The van der Waals surface area contributed by atoms with Crippen LogP contribution < -0.4 is 20.8 Å². The summed E-state index contributed by atoms with van der Waals surface area (Å²) in [7, 11) is 0. The molecule has 1 saturated heterocycles. The van der Waals surface area contributed by atoms with Crippen molar-refractivity contribution in [3.8, 4) is 5.75 Å². The van der Waals surface area contributed by atoms with Crippen LogP contribution in [-0.4, -0.2) is 49.6 Å². The standard InChI is InChI=1S/C20H23N3O6/c1-14(24)21-15-2-4-16(5-3-15)22-20(26)13-29-19-12-28-17(10-18(19)25)11-23-6-8-27-9-7-23/h2-5,10,12H,6-9,11,13H2,1H3,(H,21,24)(H,22,26). The molecule has 0 radical (unpaired) electrons. The predicted octanol–water partition coefficient (Wildman–Crippen LogP) is 1.45. The number of ether oxygens (including phenoxy) is 2. The first-order valence-electron chi connectivity index (χ1n) is 9.22. The number of hydrogen-bond acceptors (Lipinski definition) is 7. The summed E-state index contributed by atoms with van der Waals surface area (Å²) in [4.78, 5) is 37.4. The van der Waals surface area contributed by atoms with Crippen molar-refractivity contribution in [2.45, 2.75) is 13.5 Å². The Bertz CT molecular complexity index is 903. The van der Waals surface area contributed by atoms with Gasteiger partial charge in [-0.1, -0.05) is 0 Å². The van der Waals surface area contributed by atoms with E-state index in [0.717, 1.165) is 13.1 Å². The third-order valence-electron chi connectivity index (χ3n) is 4.18. The fourth-order valence-electron chi connectivity index (χ4n) is 2.79. The van der Waals surface area contributed by atoms with Gasteiger partial charge >= 0.3 is 0 Å². The zero-order valence-corrected chi connectivity index (χ0v) is 16.1. The van der Waals surface area contributed by atoms with Crippen molar-refractivity contribution >= 4 is 23.2 Å². The molecule has 0 aliphatic carbocycles. The monoisotopic (exact) mass is 401 g/mol. The van der Waals surface area contributed by atoms with Gasteiger partial charge in [0.15, 0.2) is 6.61 Å². The Morgan fingerprint density at radius 2 is 1.76 bits per heavy atom. The number of anilines is 2. The minimum absolute atomic E-state index is 0.0214. The molecule has 9 heteroatoms. The lowest BCUT2D eigenvalue weighted by atomic mass is 10.2. The van der Waals surface area contributed by atoms with E-state index >= 15 is 0 Å². The lowest BCUT2D eigenvalue weighted by Crippen LogP contribution is -2.35. The fraction of sp³-hybridized carbons (Fsp3) is 0.350. The van der Waals surface area contributed by atoms with Crippen LogP contribution >= 0.6 is 0 Å². The molecule has 0 atom stereocenters. The lowest BCUT2D eigenvalue weighted by molar-refractivity contribution is -0.118. The molecule has 1 aliphatic rings. The number of amides is 2. The third-order valence-corrected chi connectivity index (χ3v) is 4.18. The third kappa shape index (κ3) is 6.44. The quantitative estimate of drug-likeness (QED) is 0.722. The van der Waals surface area contributed by atoms with Crippen LogP contribution in [-0.2, 0) is 20.9 Å². The first kappa shape index (κ1) is 20.6. The van der Waals surface area contributed by atoms with E-state index in [0.29, 0.717) is 36.9 Å². The molecule has 0 saturated carbocycles. The highest BCUT2D eigenvalue weighted by molar-refractivity contribution is 5.93. The van der Waals surface area contributed by atoms with E-state index in [9.17, 15) is 14.4 Å². The van der Waals surface area contributed by atoms with E-state index in [1.807, 2.05) is 0 Å². The molecule has 3 rings (SSSR count). The lowest BCUT2D eigenvalue weighted by Gasteiger charge is -2.25. The summed E-state index contributed by atoms with van der Waals surface area (Å²) < 4.78 is 16.0. The first-order valence-corrected chi connectivity index (χ1v) is 9.22. The highest BCUT2D eigenvalue weighted by atomic mass is 16.5. The van der Waals surface area contributed by atoms with Crippen LogP contribution in [0.1, 0.15) is 12.7 Å². The van der Waals surface area contributed by atoms with E-state index in [1.165, 1.54) is 19.3 Å². The summed E-state index contributed by atoms with van der Waals surface area (Å²) in [6.45, 7) is 4.50. The van der Waals surface area contributed by atoms with Gasteiger partial charge in [-0.25, -0.2) is 0 Å². The molecule has 2 aromatic rings. The largest absolute Gasteiger partial charge is 0.477 e. The molecule has 1 aliphatic heterocycles. The maximum Gasteiger partial charge on any atom is 0.262 e. The van der Waals surface area contributed by atoms with Crippen molar-refractivity contribution in [1.29, 1.82) is 0 Å². The molecule has 154 valence electrons. The highest BCUT2D eigenvalue weighted by Crippen LogP contribution is 2.14. The number of morpholine rings is 1. The molecule has 9 nitrogen and oxygen atoms in total. The molecule has 2 amide bonds. The van der Waals surface area contributed by atoms with Crippen LogP contribution in [0.25, 0.3) is 0 Å². The van der Waals surface area contributed by atoms with Crippen LogP contribution in [0.5, 0.6) is 5.75 Å². The molecule has 2 N–H and O–H groups in total. The van der Waals surface area contributed by atoms with E-state index < -0.39 is 5.91 Å². The molecule has 29 heavy (non-hydrogen) atoms. The summed E-state index contributed by atoms with van der Waals surface area (Å²) in [6, 6.07) is 8.01. The minimum Gasteiger partial charge on any atom is -0.477 e. The number of carbonyl (C=O) groups excluding carboxylic acids is 2.